The van der Waals surface area contributed by atoms with E-state index in [1.54, 1.807) is 31.2 Å². The Balaban J connectivity index is 1.73. The van der Waals surface area contributed by atoms with Crippen LogP contribution in [0.25, 0.3) is 11.0 Å². The SMILES string of the molecule is COC(=O)C(C)Oc1ccc(Oc2cnc3cc(C(F)(F)F)ccc3n2)cc1. The van der Waals surface area contributed by atoms with Gasteiger partial charge in [-0.05, 0) is 49.4 Å². The third kappa shape index (κ3) is 4.48. The topological polar surface area (TPSA) is 70.5 Å². The predicted molar refractivity (Wildman–Crippen MR) is 93.2 cm³/mol. The summed E-state index contributed by atoms with van der Waals surface area (Å²) >= 11 is 0. The summed E-state index contributed by atoms with van der Waals surface area (Å²) in [5, 5.41) is 0. The number of rotatable bonds is 5. The van der Waals surface area contributed by atoms with Crippen LogP contribution in [0, 0.1) is 0 Å². The first kappa shape index (κ1) is 19.4. The third-order valence-electron chi connectivity index (χ3n) is 3.74. The number of hydrogen-bond acceptors (Lipinski definition) is 6. The first-order chi connectivity index (χ1) is 13.3. The highest BCUT2D eigenvalue weighted by atomic mass is 19.4. The third-order valence-corrected chi connectivity index (χ3v) is 3.74. The molecular formula is C19H15F3N2O4. The molecule has 0 aliphatic heterocycles. The van der Waals surface area contributed by atoms with Gasteiger partial charge in [0.25, 0.3) is 0 Å². The summed E-state index contributed by atoms with van der Waals surface area (Å²) in [6, 6.07) is 9.49. The number of benzene rings is 2. The van der Waals surface area contributed by atoms with E-state index in [1.165, 1.54) is 19.4 Å². The van der Waals surface area contributed by atoms with Crippen molar-refractivity contribution in [3.63, 3.8) is 0 Å². The average Bonchev–Trinajstić information content (AvgIpc) is 2.67. The van der Waals surface area contributed by atoms with Crippen molar-refractivity contribution in [1.29, 1.82) is 0 Å². The molecule has 6 nitrogen and oxygen atoms in total. The van der Waals surface area contributed by atoms with Gasteiger partial charge in [0.1, 0.15) is 11.5 Å². The average molecular weight is 392 g/mol. The lowest BCUT2D eigenvalue weighted by molar-refractivity contribution is -0.147. The lowest BCUT2D eigenvalue weighted by Crippen LogP contribution is -2.24. The highest BCUT2D eigenvalue weighted by Gasteiger charge is 2.30. The fourth-order valence-electron chi connectivity index (χ4n) is 2.34. The maximum atomic E-state index is 12.7. The van der Waals surface area contributed by atoms with E-state index in [-0.39, 0.29) is 16.9 Å². The van der Waals surface area contributed by atoms with Crippen LogP contribution in [0.2, 0.25) is 0 Å². The Hall–Kier alpha value is -3.36. The molecule has 3 aromatic rings. The van der Waals surface area contributed by atoms with E-state index >= 15 is 0 Å². The summed E-state index contributed by atoms with van der Waals surface area (Å²) in [5.74, 6) is 0.484. The van der Waals surface area contributed by atoms with Gasteiger partial charge in [-0.25, -0.2) is 14.8 Å². The fourth-order valence-corrected chi connectivity index (χ4v) is 2.34. The van der Waals surface area contributed by atoms with E-state index in [4.69, 9.17) is 9.47 Å². The molecule has 1 heterocycles. The summed E-state index contributed by atoms with van der Waals surface area (Å²) in [4.78, 5) is 19.5. The minimum atomic E-state index is -4.44. The predicted octanol–water partition coefficient (Wildman–Crippen LogP) is 4.38. The van der Waals surface area contributed by atoms with Crippen LogP contribution in [-0.4, -0.2) is 29.2 Å². The van der Waals surface area contributed by atoms with E-state index in [1.807, 2.05) is 0 Å². The highest BCUT2D eigenvalue weighted by Crippen LogP contribution is 2.31. The van der Waals surface area contributed by atoms with Crippen LogP contribution in [0.3, 0.4) is 0 Å². The lowest BCUT2D eigenvalue weighted by atomic mass is 10.2. The van der Waals surface area contributed by atoms with Crippen molar-refractivity contribution in [2.45, 2.75) is 19.2 Å². The van der Waals surface area contributed by atoms with Crippen LogP contribution in [-0.2, 0) is 15.7 Å². The van der Waals surface area contributed by atoms with Crippen molar-refractivity contribution >= 4 is 17.0 Å². The molecule has 0 aliphatic rings. The second-order valence-corrected chi connectivity index (χ2v) is 5.77. The Kier molecular flexibility index (Phi) is 5.34. The number of fused-ring (bicyclic) bond motifs is 1. The molecule has 2 aromatic carbocycles. The lowest BCUT2D eigenvalue weighted by Gasteiger charge is -2.12. The largest absolute Gasteiger partial charge is 0.479 e. The first-order valence-electron chi connectivity index (χ1n) is 8.12. The zero-order valence-corrected chi connectivity index (χ0v) is 14.9. The molecule has 0 bridgehead atoms. The first-order valence-corrected chi connectivity index (χ1v) is 8.12. The molecule has 0 fully saturated rings. The highest BCUT2D eigenvalue weighted by molar-refractivity contribution is 5.75. The molecule has 0 aliphatic carbocycles. The van der Waals surface area contributed by atoms with Gasteiger partial charge in [0.2, 0.25) is 5.88 Å². The minimum Gasteiger partial charge on any atom is -0.479 e. The number of halogens is 3. The van der Waals surface area contributed by atoms with Crippen molar-refractivity contribution in [2.24, 2.45) is 0 Å². The molecule has 1 unspecified atom stereocenters. The number of alkyl halides is 3. The van der Waals surface area contributed by atoms with Gasteiger partial charge in [0.05, 0.1) is 29.9 Å². The summed E-state index contributed by atoms with van der Waals surface area (Å²) in [6.45, 7) is 1.56. The Labute approximate surface area is 157 Å². The van der Waals surface area contributed by atoms with Crippen LogP contribution >= 0.6 is 0 Å². The summed E-state index contributed by atoms with van der Waals surface area (Å²) in [6.07, 6.45) is -3.96. The molecule has 0 saturated heterocycles. The van der Waals surface area contributed by atoms with Gasteiger partial charge in [-0.2, -0.15) is 13.2 Å². The molecule has 0 amide bonds. The number of aromatic nitrogens is 2. The number of carbonyl (C=O) groups is 1. The molecular weight excluding hydrogens is 377 g/mol. The van der Waals surface area contributed by atoms with Gasteiger partial charge < -0.3 is 14.2 Å². The van der Waals surface area contributed by atoms with E-state index in [2.05, 4.69) is 14.7 Å². The second-order valence-electron chi connectivity index (χ2n) is 5.77. The van der Waals surface area contributed by atoms with Gasteiger partial charge in [-0.3, -0.25) is 0 Å². The van der Waals surface area contributed by atoms with E-state index in [0.717, 1.165) is 12.1 Å². The number of carbonyl (C=O) groups excluding carboxylic acids is 1. The number of methoxy groups -OCH3 is 1. The van der Waals surface area contributed by atoms with Crippen molar-refractivity contribution < 1.29 is 32.2 Å². The monoisotopic (exact) mass is 392 g/mol. The maximum absolute atomic E-state index is 12.7. The summed E-state index contributed by atoms with van der Waals surface area (Å²) in [5.41, 5.74) is -0.403. The Morgan fingerprint density at radius 1 is 1.04 bits per heavy atom. The fraction of sp³-hybridized carbons (Fsp3) is 0.211. The van der Waals surface area contributed by atoms with Crippen molar-refractivity contribution in [3.8, 4) is 17.4 Å². The second kappa shape index (κ2) is 7.71. The maximum Gasteiger partial charge on any atom is 0.416 e. The van der Waals surface area contributed by atoms with Crippen LogP contribution in [0.5, 0.6) is 17.4 Å². The van der Waals surface area contributed by atoms with Gasteiger partial charge in [-0.1, -0.05) is 0 Å². The van der Waals surface area contributed by atoms with Gasteiger partial charge in [0, 0.05) is 0 Å². The molecule has 28 heavy (non-hydrogen) atoms. The molecule has 1 aromatic heterocycles. The molecule has 1 atom stereocenters. The van der Waals surface area contributed by atoms with Gasteiger partial charge in [0.15, 0.2) is 6.10 Å². The number of esters is 1. The van der Waals surface area contributed by atoms with Gasteiger partial charge in [-0.15, -0.1) is 0 Å². The number of ether oxygens (including phenoxy) is 3. The summed E-state index contributed by atoms with van der Waals surface area (Å²) < 4.78 is 53.8. The molecule has 0 N–H and O–H groups in total. The van der Waals surface area contributed by atoms with Crippen LogP contribution in [0.15, 0.2) is 48.7 Å². The van der Waals surface area contributed by atoms with Gasteiger partial charge >= 0.3 is 12.1 Å². The number of hydrogen-bond donors (Lipinski definition) is 0. The minimum absolute atomic E-state index is 0.114. The smallest absolute Gasteiger partial charge is 0.416 e. The Bertz CT molecular complexity index is 991. The normalized spacial score (nSPS) is 12.5. The van der Waals surface area contributed by atoms with E-state index in [0.29, 0.717) is 11.5 Å². The van der Waals surface area contributed by atoms with Crippen molar-refractivity contribution in [1.82, 2.24) is 9.97 Å². The Morgan fingerprint density at radius 3 is 2.36 bits per heavy atom. The molecule has 0 saturated carbocycles. The molecule has 146 valence electrons. The van der Waals surface area contributed by atoms with Crippen molar-refractivity contribution in [2.75, 3.05) is 7.11 Å². The Morgan fingerprint density at radius 2 is 1.71 bits per heavy atom. The van der Waals surface area contributed by atoms with Crippen LogP contribution in [0.1, 0.15) is 12.5 Å². The van der Waals surface area contributed by atoms with E-state index in [9.17, 15) is 18.0 Å². The zero-order chi connectivity index (χ0) is 20.3. The van der Waals surface area contributed by atoms with Crippen molar-refractivity contribution in [3.05, 3.63) is 54.2 Å². The van der Waals surface area contributed by atoms with Crippen LogP contribution < -0.4 is 9.47 Å². The molecule has 0 spiro atoms. The molecule has 0 radical (unpaired) electrons. The number of nitrogens with zero attached hydrogens (tertiary/aromatic N) is 2. The molecule has 3 rings (SSSR count). The molecule has 9 heteroatoms. The zero-order valence-electron chi connectivity index (χ0n) is 14.9. The quantitative estimate of drug-likeness (QED) is 0.600. The standard InChI is InChI=1S/C19H15F3N2O4/c1-11(18(25)26-2)27-13-4-6-14(7-5-13)28-17-10-23-16-9-12(19(20,21)22)3-8-15(16)24-17/h3-11H,1-2H3. The van der Waals surface area contributed by atoms with E-state index < -0.39 is 23.8 Å². The van der Waals surface area contributed by atoms with Crippen LogP contribution in [0.4, 0.5) is 13.2 Å². The summed E-state index contributed by atoms with van der Waals surface area (Å²) in [7, 11) is 1.27.